The summed E-state index contributed by atoms with van der Waals surface area (Å²) in [7, 11) is -3.43. The van der Waals surface area contributed by atoms with Crippen molar-refractivity contribution in [1.29, 1.82) is 0 Å². The summed E-state index contributed by atoms with van der Waals surface area (Å²) in [5.41, 5.74) is 0. The lowest BCUT2D eigenvalue weighted by Crippen LogP contribution is -2.42. The molecule has 4 unspecified atom stereocenters. The van der Waals surface area contributed by atoms with Crippen molar-refractivity contribution < 1.29 is 47.4 Å². The summed E-state index contributed by atoms with van der Waals surface area (Å²) in [6.45, 7) is 3.66. The summed E-state index contributed by atoms with van der Waals surface area (Å²) in [6, 6.07) is 0. The summed E-state index contributed by atoms with van der Waals surface area (Å²) in [4.78, 5) is 42.9. The zero-order valence-electron chi connectivity index (χ0n) is 20.1. The van der Waals surface area contributed by atoms with E-state index in [0.29, 0.717) is 12.8 Å². The van der Waals surface area contributed by atoms with Crippen molar-refractivity contribution >= 4 is 19.8 Å². The second-order valence-electron chi connectivity index (χ2n) is 8.30. The Morgan fingerprint density at radius 3 is 1.76 bits per heavy atom. The van der Waals surface area contributed by atoms with Gasteiger partial charge in [0.05, 0.1) is 6.61 Å². The molecular weight excluding hydrogens is 455 g/mol. The van der Waals surface area contributed by atoms with Gasteiger partial charge in [-0.15, -0.1) is 0 Å². The average Bonchev–Trinajstić information content (AvgIpc) is 3.07. The van der Waals surface area contributed by atoms with Crippen LogP contribution in [-0.4, -0.2) is 60.0 Å². The number of esters is 2. The first-order valence-corrected chi connectivity index (χ1v) is 13.5. The van der Waals surface area contributed by atoms with Crippen LogP contribution >= 0.6 is 7.82 Å². The van der Waals surface area contributed by atoms with E-state index in [2.05, 4.69) is 18.4 Å². The van der Waals surface area contributed by atoms with Crippen molar-refractivity contribution in [2.75, 3.05) is 13.7 Å². The number of phosphoric ester groups is 1. The Labute approximate surface area is 196 Å². The molecule has 2 N–H and O–H groups in total. The van der Waals surface area contributed by atoms with Crippen molar-refractivity contribution in [2.45, 2.75) is 115 Å². The first-order chi connectivity index (χ1) is 15.7. The van der Waals surface area contributed by atoms with E-state index in [1.807, 2.05) is 0 Å². The van der Waals surface area contributed by atoms with Crippen molar-refractivity contribution in [3.8, 4) is 0 Å². The molecule has 0 spiro atoms. The largest absolute Gasteiger partial charge is 0.469 e. The molecule has 1 rings (SSSR count). The maximum atomic E-state index is 12.4. The van der Waals surface area contributed by atoms with Crippen LogP contribution in [0.5, 0.6) is 0 Å². The van der Waals surface area contributed by atoms with Gasteiger partial charge in [0.1, 0.15) is 6.10 Å². The number of carbonyl (C=O) groups is 2. The Bertz CT molecular complexity index is 608. The second-order valence-corrected chi connectivity index (χ2v) is 9.54. The Kier molecular flexibility index (Phi) is 15.1. The van der Waals surface area contributed by atoms with E-state index in [1.54, 1.807) is 0 Å². The van der Waals surface area contributed by atoms with Crippen LogP contribution in [0, 0.1) is 0 Å². The zero-order chi connectivity index (χ0) is 24.7. The van der Waals surface area contributed by atoms with E-state index < -0.39 is 51.0 Å². The fraction of sp³-hybridized carbons (Fsp3) is 0.909. The summed E-state index contributed by atoms with van der Waals surface area (Å²) >= 11 is 0. The van der Waals surface area contributed by atoms with E-state index >= 15 is 0 Å². The molecule has 1 heterocycles. The van der Waals surface area contributed by atoms with E-state index in [9.17, 15) is 14.2 Å². The molecular formula is C22H41O10P. The van der Waals surface area contributed by atoms with Crippen LogP contribution in [0.15, 0.2) is 0 Å². The number of carbonyl (C=O) groups excluding carboxylic acids is 2. The zero-order valence-corrected chi connectivity index (χ0v) is 21.0. The molecule has 0 aromatic heterocycles. The highest BCUT2D eigenvalue weighted by Crippen LogP contribution is 2.38. The van der Waals surface area contributed by atoms with Gasteiger partial charge in [-0.3, -0.25) is 14.1 Å². The number of phosphoric acid groups is 1. The number of rotatable bonds is 18. The summed E-state index contributed by atoms with van der Waals surface area (Å²) < 4.78 is 37.6. The Balaban J connectivity index is 2.75. The smallest absolute Gasteiger partial charge is 0.455 e. The minimum atomic E-state index is -4.78. The number of hydrogen-bond donors (Lipinski definition) is 2. The van der Waals surface area contributed by atoms with E-state index in [0.717, 1.165) is 51.4 Å². The highest BCUT2D eigenvalue weighted by molar-refractivity contribution is 7.46. The summed E-state index contributed by atoms with van der Waals surface area (Å²) in [6.07, 6.45) is 5.71. The van der Waals surface area contributed by atoms with Gasteiger partial charge in [-0.2, -0.15) is 0 Å². The molecule has 0 aromatic carbocycles. The molecule has 0 aliphatic carbocycles. The van der Waals surface area contributed by atoms with Gasteiger partial charge < -0.3 is 28.7 Å². The third kappa shape index (κ3) is 12.9. The van der Waals surface area contributed by atoms with Gasteiger partial charge in [0.15, 0.2) is 18.5 Å². The fourth-order valence-electron chi connectivity index (χ4n) is 3.62. The summed E-state index contributed by atoms with van der Waals surface area (Å²) in [5, 5.41) is 0. The molecule has 0 aromatic rings. The van der Waals surface area contributed by atoms with Crippen molar-refractivity contribution in [3.05, 3.63) is 0 Å². The van der Waals surface area contributed by atoms with Crippen molar-refractivity contribution in [1.82, 2.24) is 0 Å². The third-order valence-electron chi connectivity index (χ3n) is 5.41. The molecule has 11 heteroatoms. The van der Waals surface area contributed by atoms with Crippen LogP contribution in [-0.2, 0) is 37.6 Å². The molecule has 0 radical (unpaired) electrons. The molecule has 1 aliphatic heterocycles. The lowest BCUT2D eigenvalue weighted by Gasteiger charge is -2.24. The number of ether oxygens (including phenoxy) is 4. The fourth-order valence-corrected chi connectivity index (χ4v) is 3.96. The molecule has 0 saturated carbocycles. The maximum Gasteiger partial charge on any atom is 0.469 e. The maximum absolute atomic E-state index is 12.4. The van der Waals surface area contributed by atoms with Crippen LogP contribution in [0.25, 0.3) is 0 Å². The van der Waals surface area contributed by atoms with Gasteiger partial charge >= 0.3 is 19.8 Å². The molecule has 10 nitrogen and oxygen atoms in total. The molecule has 0 bridgehead atoms. The van der Waals surface area contributed by atoms with Gasteiger partial charge in [0, 0.05) is 20.0 Å². The standard InChI is InChI=1S/C22H41O10P/c1-4-6-8-10-12-14-18(23)31-20-17(16-29-33(25,26)27)30-22(28-3)21(20)32-19(24)15-13-11-9-7-5-2/h17,20-22H,4-16H2,1-3H3,(H2,25,26,27). The van der Waals surface area contributed by atoms with Gasteiger partial charge in [0.2, 0.25) is 0 Å². The average molecular weight is 497 g/mol. The Hall–Kier alpha value is -1.03. The number of hydrogen-bond acceptors (Lipinski definition) is 8. The Morgan fingerprint density at radius 1 is 0.818 bits per heavy atom. The minimum absolute atomic E-state index is 0.183. The molecule has 194 valence electrons. The van der Waals surface area contributed by atoms with E-state index in [1.165, 1.54) is 7.11 Å². The molecule has 1 fully saturated rings. The highest BCUT2D eigenvalue weighted by Gasteiger charge is 2.50. The number of methoxy groups -OCH3 is 1. The summed E-state index contributed by atoms with van der Waals surface area (Å²) in [5.74, 6) is -0.974. The lowest BCUT2D eigenvalue weighted by atomic mass is 10.1. The van der Waals surface area contributed by atoms with Crippen LogP contribution in [0.3, 0.4) is 0 Å². The molecule has 0 amide bonds. The highest BCUT2D eigenvalue weighted by atomic mass is 31.2. The SMILES string of the molecule is CCCCCCCC(=O)OC1C(COP(=O)(O)O)OC(OC)C1OC(=O)CCCCCCC. The second kappa shape index (κ2) is 16.6. The topological polar surface area (TPSA) is 138 Å². The quantitative estimate of drug-likeness (QED) is 0.163. The van der Waals surface area contributed by atoms with Crippen LogP contribution in [0.4, 0.5) is 0 Å². The van der Waals surface area contributed by atoms with Crippen molar-refractivity contribution in [2.24, 2.45) is 0 Å². The first-order valence-electron chi connectivity index (χ1n) is 12.0. The molecule has 1 aliphatic rings. The monoisotopic (exact) mass is 496 g/mol. The normalized spacial score (nSPS) is 22.9. The predicted octanol–water partition coefficient (Wildman–Crippen LogP) is 4.01. The minimum Gasteiger partial charge on any atom is -0.455 e. The molecule has 4 atom stereocenters. The van der Waals surface area contributed by atoms with Crippen LogP contribution < -0.4 is 0 Å². The van der Waals surface area contributed by atoms with Gasteiger partial charge in [-0.1, -0.05) is 65.2 Å². The van der Waals surface area contributed by atoms with E-state index in [4.69, 9.17) is 28.7 Å². The third-order valence-corrected chi connectivity index (χ3v) is 5.90. The molecule has 33 heavy (non-hydrogen) atoms. The molecule has 1 saturated heterocycles. The Morgan fingerprint density at radius 2 is 1.30 bits per heavy atom. The predicted molar refractivity (Wildman–Crippen MR) is 120 cm³/mol. The lowest BCUT2D eigenvalue weighted by molar-refractivity contribution is -0.183. The van der Waals surface area contributed by atoms with Crippen LogP contribution in [0.1, 0.15) is 90.9 Å². The van der Waals surface area contributed by atoms with Gasteiger partial charge in [0.25, 0.3) is 0 Å². The van der Waals surface area contributed by atoms with Crippen molar-refractivity contribution in [3.63, 3.8) is 0 Å². The van der Waals surface area contributed by atoms with Gasteiger partial charge in [-0.25, -0.2) is 4.57 Å². The van der Waals surface area contributed by atoms with Crippen LogP contribution in [0.2, 0.25) is 0 Å². The van der Waals surface area contributed by atoms with Gasteiger partial charge in [-0.05, 0) is 12.8 Å². The number of unbranched alkanes of at least 4 members (excludes halogenated alkanes) is 8. The first kappa shape index (κ1) is 30.0. The van der Waals surface area contributed by atoms with E-state index in [-0.39, 0.29) is 12.8 Å².